The Morgan fingerprint density at radius 1 is 1.25 bits per heavy atom. The lowest BCUT2D eigenvalue weighted by atomic mass is 9.73. The lowest BCUT2D eigenvalue weighted by Gasteiger charge is -2.34. The van der Waals surface area contributed by atoms with Crippen LogP contribution in [0.3, 0.4) is 0 Å². The van der Waals surface area contributed by atoms with Gasteiger partial charge in [-0.2, -0.15) is 0 Å². The molecule has 0 radical (unpaired) electrons. The molecule has 0 spiro atoms. The third-order valence-corrected chi connectivity index (χ3v) is 3.09. The van der Waals surface area contributed by atoms with Gasteiger partial charge in [0.15, 0.2) is 5.67 Å². The summed E-state index contributed by atoms with van der Waals surface area (Å²) in [5.41, 5.74) is -4.21. The van der Waals surface area contributed by atoms with Crippen LogP contribution in [0.2, 0.25) is 0 Å². The fourth-order valence-electron chi connectivity index (χ4n) is 1.38. The topological polar surface area (TPSA) is 37.3 Å². The smallest absolute Gasteiger partial charge is 0.312 e. The first-order valence-corrected chi connectivity index (χ1v) is 4.88. The van der Waals surface area contributed by atoms with Gasteiger partial charge in [-0.05, 0) is 26.8 Å². The molecule has 0 aliphatic heterocycles. The Hall–Kier alpha value is -1.45. The molecule has 1 N–H and O–H groups in total. The van der Waals surface area contributed by atoms with E-state index in [2.05, 4.69) is 0 Å². The molecule has 0 aliphatic rings. The second kappa shape index (κ2) is 3.85. The number of carboxylic acids is 1. The van der Waals surface area contributed by atoms with Crippen molar-refractivity contribution < 1.29 is 18.7 Å². The molecule has 4 heteroatoms. The summed E-state index contributed by atoms with van der Waals surface area (Å²) in [4.78, 5) is 11.0. The molecule has 0 heterocycles. The molecule has 1 rings (SSSR count). The maximum Gasteiger partial charge on any atom is 0.312 e. The van der Waals surface area contributed by atoms with Crippen LogP contribution in [0.1, 0.15) is 26.3 Å². The van der Waals surface area contributed by atoms with Gasteiger partial charge in [0.25, 0.3) is 0 Å². The van der Waals surface area contributed by atoms with Gasteiger partial charge < -0.3 is 5.11 Å². The van der Waals surface area contributed by atoms with E-state index in [-0.39, 0.29) is 5.56 Å². The molecular formula is C12H14F2O2. The number of alkyl halides is 1. The first kappa shape index (κ1) is 12.6. The maximum absolute atomic E-state index is 14.5. The monoisotopic (exact) mass is 228 g/mol. The van der Waals surface area contributed by atoms with Gasteiger partial charge in [0, 0.05) is 5.56 Å². The summed E-state index contributed by atoms with van der Waals surface area (Å²) in [5, 5.41) is 8.97. The SMILES string of the molecule is CC(C)(C(=O)O)C(C)(F)c1ccccc1F. The Morgan fingerprint density at radius 3 is 2.19 bits per heavy atom. The predicted molar refractivity (Wildman–Crippen MR) is 56.3 cm³/mol. The lowest BCUT2D eigenvalue weighted by Crippen LogP contribution is -2.42. The number of carbonyl (C=O) groups is 1. The van der Waals surface area contributed by atoms with Crippen molar-refractivity contribution in [2.24, 2.45) is 5.41 Å². The molecule has 1 aromatic carbocycles. The molecule has 1 unspecified atom stereocenters. The average Bonchev–Trinajstić information content (AvgIpc) is 2.17. The molecule has 0 fully saturated rings. The van der Waals surface area contributed by atoms with E-state index in [4.69, 9.17) is 5.11 Å². The highest BCUT2D eigenvalue weighted by Gasteiger charge is 2.50. The van der Waals surface area contributed by atoms with Crippen molar-refractivity contribution in [2.75, 3.05) is 0 Å². The Morgan fingerprint density at radius 2 is 1.75 bits per heavy atom. The Balaban J connectivity index is 3.32. The molecular weight excluding hydrogens is 214 g/mol. The van der Waals surface area contributed by atoms with E-state index in [9.17, 15) is 13.6 Å². The van der Waals surface area contributed by atoms with Gasteiger partial charge in [-0.15, -0.1) is 0 Å². The number of rotatable bonds is 3. The van der Waals surface area contributed by atoms with Crippen LogP contribution >= 0.6 is 0 Å². The fourth-order valence-corrected chi connectivity index (χ4v) is 1.38. The van der Waals surface area contributed by atoms with Crippen LogP contribution in [-0.4, -0.2) is 11.1 Å². The molecule has 2 nitrogen and oxygen atoms in total. The largest absolute Gasteiger partial charge is 0.481 e. The van der Waals surface area contributed by atoms with Crippen LogP contribution in [0.15, 0.2) is 24.3 Å². The Labute approximate surface area is 92.9 Å². The standard InChI is InChI=1S/C12H14F2O2/c1-11(2,10(15)16)12(3,14)8-6-4-5-7-9(8)13/h4-7H,1-3H3,(H,15,16). The molecule has 0 aromatic heterocycles. The highest BCUT2D eigenvalue weighted by Crippen LogP contribution is 2.43. The van der Waals surface area contributed by atoms with Crippen molar-refractivity contribution in [1.82, 2.24) is 0 Å². The summed E-state index contributed by atoms with van der Waals surface area (Å²) in [5.74, 6) is -2.04. The number of benzene rings is 1. The Bertz CT molecular complexity index is 411. The first-order valence-electron chi connectivity index (χ1n) is 4.88. The molecule has 16 heavy (non-hydrogen) atoms. The van der Waals surface area contributed by atoms with Crippen molar-refractivity contribution >= 4 is 5.97 Å². The fraction of sp³-hybridized carbons (Fsp3) is 0.417. The highest BCUT2D eigenvalue weighted by atomic mass is 19.1. The molecule has 1 atom stereocenters. The minimum atomic E-state index is -2.27. The van der Waals surface area contributed by atoms with Gasteiger partial charge in [0.1, 0.15) is 11.2 Å². The van der Waals surface area contributed by atoms with Crippen LogP contribution < -0.4 is 0 Å². The van der Waals surface area contributed by atoms with Crippen molar-refractivity contribution in [3.05, 3.63) is 35.6 Å². The minimum absolute atomic E-state index is 0.234. The zero-order chi connectivity index (χ0) is 12.6. The predicted octanol–water partition coefficient (Wildman–Crippen LogP) is 3.12. The van der Waals surface area contributed by atoms with E-state index in [0.717, 1.165) is 13.0 Å². The second-order valence-electron chi connectivity index (χ2n) is 4.41. The van der Waals surface area contributed by atoms with Crippen molar-refractivity contribution in [1.29, 1.82) is 0 Å². The van der Waals surface area contributed by atoms with Gasteiger partial charge in [-0.25, -0.2) is 8.78 Å². The summed E-state index contributed by atoms with van der Waals surface area (Å²) >= 11 is 0. The van der Waals surface area contributed by atoms with E-state index >= 15 is 0 Å². The van der Waals surface area contributed by atoms with E-state index in [1.807, 2.05) is 0 Å². The summed E-state index contributed by atoms with van der Waals surface area (Å²) < 4.78 is 27.9. The average molecular weight is 228 g/mol. The van der Waals surface area contributed by atoms with Gasteiger partial charge >= 0.3 is 5.97 Å². The third-order valence-electron chi connectivity index (χ3n) is 3.09. The maximum atomic E-state index is 14.5. The Kier molecular flexibility index (Phi) is 3.03. The quantitative estimate of drug-likeness (QED) is 0.863. The summed E-state index contributed by atoms with van der Waals surface area (Å²) in [6, 6.07) is 5.29. The first-order chi connectivity index (χ1) is 7.21. The molecule has 0 saturated heterocycles. The third kappa shape index (κ3) is 1.79. The second-order valence-corrected chi connectivity index (χ2v) is 4.41. The number of halogens is 2. The minimum Gasteiger partial charge on any atom is -0.481 e. The van der Waals surface area contributed by atoms with Gasteiger partial charge in [0.2, 0.25) is 0 Å². The highest BCUT2D eigenvalue weighted by molar-refractivity contribution is 5.75. The van der Waals surface area contributed by atoms with E-state index < -0.39 is 22.9 Å². The number of carboxylic acid groups (broad SMARTS) is 1. The van der Waals surface area contributed by atoms with Crippen molar-refractivity contribution in [3.8, 4) is 0 Å². The van der Waals surface area contributed by atoms with Crippen LogP contribution in [0, 0.1) is 11.2 Å². The van der Waals surface area contributed by atoms with Crippen LogP contribution in [0.25, 0.3) is 0 Å². The van der Waals surface area contributed by atoms with Crippen molar-refractivity contribution in [2.45, 2.75) is 26.4 Å². The van der Waals surface area contributed by atoms with E-state index in [0.29, 0.717) is 0 Å². The van der Waals surface area contributed by atoms with Crippen molar-refractivity contribution in [3.63, 3.8) is 0 Å². The molecule has 0 bridgehead atoms. The number of hydrogen-bond acceptors (Lipinski definition) is 1. The molecule has 0 amide bonds. The molecule has 88 valence electrons. The van der Waals surface area contributed by atoms with Crippen LogP contribution in [0.5, 0.6) is 0 Å². The summed E-state index contributed by atoms with van der Waals surface area (Å²) in [6.45, 7) is 3.56. The van der Waals surface area contributed by atoms with Crippen LogP contribution in [0.4, 0.5) is 8.78 Å². The molecule has 0 aliphatic carbocycles. The summed E-state index contributed by atoms with van der Waals surface area (Å²) in [7, 11) is 0. The lowest BCUT2D eigenvalue weighted by molar-refractivity contribution is -0.156. The van der Waals surface area contributed by atoms with Crippen LogP contribution in [-0.2, 0) is 10.5 Å². The number of hydrogen-bond donors (Lipinski definition) is 1. The van der Waals surface area contributed by atoms with Gasteiger partial charge in [0.05, 0.1) is 0 Å². The zero-order valence-electron chi connectivity index (χ0n) is 9.42. The van der Waals surface area contributed by atoms with Gasteiger partial charge in [-0.3, -0.25) is 4.79 Å². The normalized spacial score (nSPS) is 15.6. The van der Waals surface area contributed by atoms with Gasteiger partial charge in [-0.1, -0.05) is 18.2 Å². The summed E-state index contributed by atoms with van der Waals surface area (Å²) in [6.07, 6.45) is 0. The zero-order valence-corrected chi connectivity index (χ0v) is 9.42. The molecule has 0 saturated carbocycles. The number of aliphatic carboxylic acids is 1. The van der Waals surface area contributed by atoms with E-state index in [1.165, 1.54) is 32.0 Å². The van der Waals surface area contributed by atoms with E-state index in [1.54, 1.807) is 0 Å². The molecule has 1 aromatic rings.